The molecule has 0 atom stereocenters. The summed E-state index contributed by atoms with van der Waals surface area (Å²) in [4.78, 5) is 29.8. The standard InChI is InChI=1S/C19H30N4O3/c1-4-26-19(25)23-11-8-16(9-12-23)22-17-6-5-15(13-21-17)18(24)20-10-7-14(2)3/h5-6,13-14,16H,4,7-12H2,1-3H3,(H,20,24)(H,21,22). The summed E-state index contributed by atoms with van der Waals surface area (Å²) >= 11 is 0. The second kappa shape index (κ2) is 9.99. The summed E-state index contributed by atoms with van der Waals surface area (Å²) in [7, 11) is 0. The van der Waals surface area contributed by atoms with Crippen LogP contribution in [-0.4, -0.2) is 54.2 Å². The summed E-state index contributed by atoms with van der Waals surface area (Å²) in [6, 6.07) is 3.88. The predicted molar refractivity (Wildman–Crippen MR) is 101 cm³/mol. The molecule has 0 spiro atoms. The van der Waals surface area contributed by atoms with E-state index in [4.69, 9.17) is 4.74 Å². The number of ether oxygens (including phenoxy) is 1. The molecule has 7 nitrogen and oxygen atoms in total. The van der Waals surface area contributed by atoms with Gasteiger partial charge in [-0.05, 0) is 44.2 Å². The monoisotopic (exact) mass is 362 g/mol. The Bertz CT molecular complexity index is 581. The third-order valence-electron chi connectivity index (χ3n) is 4.41. The molecule has 0 bridgehead atoms. The van der Waals surface area contributed by atoms with Gasteiger partial charge in [0.1, 0.15) is 5.82 Å². The number of anilines is 1. The van der Waals surface area contributed by atoms with Crippen molar-refractivity contribution >= 4 is 17.8 Å². The van der Waals surface area contributed by atoms with Crippen LogP contribution in [0.2, 0.25) is 0 Å². The van der Waals surface area contributed by atoms with Crippen LogP contribution in [0.4, 0.5) is 10.6 Å². The van der Waals surface area contributed by atoms with Gasteiger partial charge < -0.3 is 20.3 Å². The van der Waals surface area contributed by atoms with Gasteiger partial charge in [0.05, 0.1) is 12.2 Å². The summed E-state index contributed by atoms with van der Waals surface area (Å²) in [5, 5.41) is 6.28. The van der Waals surface area contributed by atoms with Gasteiger partial charge in [-0.2, -0.15) is 0 Å². The van der Waals surface area contributed by atoms with Gasteiger partial charge in [-0.15, -0.1) is 0 Å². The van der Waals surface area contributed by atoms with E-state index < -0.39 is 0 Å². The number of pyridine rings is 1. The Morgan fingerprint density at radius 3 is 2.62 bits per heavy atom. The number of hydrogen-bond acceptors (Lipinski definition) is 5. The fourth-order valence-corrected chi connectivity index (χ4v) is 2.82. The molecule has 1 aromatic heterocycles. The number of aromatic nitrogens is 1. The van der Waals surface area contributed by atoms with Crippen molar-refractivity contribution in [2.24, 2.45) is 5.92 Å². The van der Waals surface area contributed by atoms with Crippen molar-refractivity contribution < 1.29 is 14.3 Å². The number of carbonyl (C=O) groups excluding carboxylic acids is 2. The Balaban J connectivity index is 1.77. The number of likely N-dealkylation sites (tertiary alicyclic amines) is 1. The number of amides is 2. The van der Waals surface area contributed by atoms with Crippen LogP contribution in [0, 0.1) is 5.92 Å². The molecule has 0 aromatic carbocycles. The second-order valence-electron chi connectivity index (χ2n) is 6.98. The molecular weight excluding hydrogens is 332 g/mol. The first-order chi connectivity index (χ1) is 12.5. The Kier molecular flexibility index (Phi) is 7.69. The van der Waals surface area contributed by atoms with Crippen LogP contribution in [0.1, 0.15) is 50.4 Å². The van der Waals surface area contributed by atoms with Gasteiger partial charge in [-0.1, -0.05) is 13.8 Å². The molecule has 2 heterocycles. The second-order valence-corrected chi connectivity index (χ2v) is 6.98. The van der Waals surface area contributed by atoms with E-state index in [-0.39, 0.29) is 18.0 Å². The molecule has 2 N–H and O–H groups in total. The molecule has 1 aliphatic heterocycles. The van der Waals surface area contributed by atoms with E-state index in [0.29, 0.717) is 37.7 Å². The van der Waals surface area contributed by atoms with Crippen molar-refractivity contribution in [3.63, 3.8) is 0 Å². The molecule has 0 radical (unpaired) electrons. The van der Waals surface area contributed by atoms with Crippen LogP contribution >= 0.6 is 0 Å². The lowest BCUT2D eigenvalue weighted by Crippen LogP contribution is -2.42. The Hall–Kier alpha value is -2.31. The molecule has 1 aromatic rings. The fraction of sp³-hybridized carbons (Fsp3) is 0.632. The van der Waals surface area contributed by atoms with Crippen LogP contribution in [0.15, 0.2) is 18.3 Å². The molecule has 0 aliphatic carbocycles. The first-order valence-electron chi connectivity index (χ1n) is 9.42. The van der Waals surface area contributed by atoms with Gasteiger partial charge in [0.15, 0.2) is 0 Å². The maximum atomic E-state index is 12.1. The third kappa shape index (κ3) is 6.20. The molecular formula is C19H30N4O3. The molecule has 1 saturated heterocycles. The Morgan fingerprint density at radius 2 is 2.04 bits per heavy atom. The maximum Gasteiger partial charge on any atom is 0.409 e. The molecule has 0 unspecified atom stereocenters. The predicted octanol–water partition coefficient (Wildman–Crippen LogP) is 2.89. The SMILES string of the molecule is CCOC(=O)N1CCC(Nc2ccc(C(=O)NCCC(C)C)cn2)CC1. The molecule has 26 heavy (non-hydrogen) atoms. The number of hydrogen-bond donors (Lipinski definition) is 2. The Labute approximate surface area is 155 Å². The van der Waals surface area contributed by atoms with Crippen LogP contribution in [0.25, 0.3) is 0 Å². The van der Waals surface area contributed by atoms with Crippen molar-refractivity contribution in [1.82, 2.24) is 15.2 Å². The highest BCUT2D eigenvalue weighted by Crippen LogP contribution is 2.16. The van der Waals surface area contributed by atoms with E-state index in [1.165, 1.54) is 0 Å². The van der Waals surface area contributed by atoms with Crippen LogP contribution in [0.3, 0.4) is 0 Å². The normalized spacial score (nSPS) is 15.0. The van der Waals surface area contributed by atoms with Crippen molar-refractivity contribution in [3.8, 4) is 0 Å². The lowest BCUT2D eigenvalue weighted by atomic mass is 10.1. The van der Waals surface area contributed by atoms with Crippen molar-refractivity contribution in [2.45, 2.75) is 46.1 Å². The quantitative estimate of drug-likeness (QED) is 0.779. The number of rotatable bonds is 7. The zero-order valence-corrected chi connectivity index (χ0v) is 16.0. The van der Waals surface area contributed by atoms with Crippen molar-refractivity contribution in [2.75, 3.05) is 31.6 Å². The zero-order chi connectivity index (χ0) is 18.9. The van der Waals surface area contributed by atoms with Gasteiger partial charge in [0.2, 0.25) is 0 Å². The van der Waals surface area contributed by atoms with Crippen LogP contribution in [-0.2, 0) is 4.74 Å². The molecule has 7 heteroatoms. The van der Waals surface area contributed by atoms with Crippen LogP contribution in [0.5, 0.6) is 0 Å². The lowest BCUT2D eigenvalue weighted by Gasteiger charge is -2.31. The lowest BCUT2D eigenvalue weighted by molar-refractivity contribution is 0.0950. The molecule has 2 amide bonds. The maximum absolute atomic E-state index is 12.1. The third-order valence-corrected chi connectivity index (χ3v) is 4.41. The smallest absolute Gasteiger partial charge is 0.409 e. The van der Waals surface area contributed by atoms with Gasteiger partial charge in [-0.25, -0.2) is 9.78 Å². The molecule has 0 saturated carbocycles. The highest BCUT2D eigenvalue weighted by atomic mass is 16.6. The van der Waals surface area contributed by atoms with Crippen molar-refractivity contribution in [3.05, 3.63) is 23.9 Å². The number of piperidine rings is 1. The van der Waals surface area contributed by atoms with Gasteiger partial charge in [0.25, 0.3) is 5.91 Å². The summed E-state index contributed by atoms with van der Waals surface area (Å²) in [6.45, 7) is 8.50. The topological polar surface area (TPSA) is 83.6 Å². The molecule has 2 rings (SSSR count). The minimum atomic E-state index is -0.239. The largest absolute Gasteiger partial charge is 0.450 e. The Morgan fingerprint density at radius 1 is 1.31 bits per heavy atom. The number of carbonyl (C=O) groups is 2. The van der Waals surface area contributed by atoms with Gasteiger partial charge >= 0.3 is 6.09 Å². The van der Waals surface area contributed by atoms with E-state index in [1.54, 1.807) is 17.2 Å². The highest BCUT2D eigenvalue weighted by Gasteiger charge is 2.23. The van der Waals surface area contributed by atoms with Crippen molar-refractivity contribution in [1.29, 1.82) is 0 Å². The van der Waals surface area contributed by atoms with E-state index in [0.717, 1.165) is 25.1 Å². The zero-order valence-electron chi connectivity index (χ0n) is 16.0. The van der Waals surface area contributed by atoms with Gasteiger partial charge in [0, 0.05) is 31.9 Å². The van der Waals surface area contributed by atoms with E-state index in [1.807, 2.05) is 13.0 Å². The first kappa shape index (κ1) is 20.0. The van der Waals surface area contributed by atoms with E-state index in [9.17, 15) is 9.59 Å². The summed E-state index contributed by atoms with van der Waals surface area (Å²) in [5.41, 5.74) is 0.566. The molecule has 144 valence electrons. The minimum absolute atomic E-state index is 0.0903. The fourth-order valence-electron chi connectivity index (χ4n) is 2.82. The van der Waals surface area contributed by atoms with Crippen LogP contribution < -0.4 is 10.6 Å². The highest BCUT2D eigenvalue weighted by molar-refractivity contribution is 5.94. The molecule has 1 fully saturated rings. The number of nitrogens with one attached hydrogen (secondary N) is 2. The average molecular weight is 362 g/mol. The number of nitrogens with zero attached hydrogens (tertiary/aromatic N) is 2. The first-order valence-corrected chi connectivity index (χ1v) is 9.42. The summed E-state index contributed by atoms with van der Waals surface area (Å²) in [5.74, 6) is 1.22. The summed E-state index contributed by atoms with van der Waals surface area (Å²) in [6.07, 6.45) is 4.01. The summed E-state index contributed by atoms with van der Waals surface area (Å²) < 4.78 is 5.03. The van der Waals surface area contributed by atoms with E-state index in [2.05, 4.69) is 29.5 Å². The molecule has 1 aliphatic rings. The van der Waals surface area contributed by atoms with E-state index >= 15 is 0 Å². The van der Waals surface area contributed by atoms with Gasteiger partial charge in [-0.3, -0.25) is 4.79 Å². The average Bonchev–Trinajstić information content (AvgIpc) is 2.63. The minimum Gasteiger partial charge on any atom is -0.450 e.